The number of benzene rings is 2. The second-order valence-corrected chi connectivity index (χ2v) is 4.79. The van der Waals surface area contributed by atoms with Gasteiger partial charge in [-0.15, -0.1) is 6.42 Å². The van der Waals surface area contributed by atoms with Crippen molar-refractivity contribution in [3.63, 3.8) is 0 Å². The number of carbonyl (C=O) groups is 2. The molecule has 0 aromatic heterocycles. The number of hydrogen-bond donors (Lipinski definition) is 0. The van der Waals surface area contributed by atoms with E-state index in [2.05, 4.69) is 5.92 Å². The molecule has 2 aromatic rings. The fourth-order valence-electron chi connectivity index (χ4n) is 2.41. The first-order valence-electron chi connectivity index (χ1n) is 6.78. The van der Waals surface area contributed by atoms with E-state index in [1.165, 1.54) is 0 Å². The highest BCUT2D eigenvalue weighted by molar-refractivity contribution is 6.41. The Morgan fingerprint density at radius 1 is 0.955 bits per heavy atom. The Morgan fingerprint density at radius 2 is 1.55 bits per heavy atom. The van der Waals surface area contributed by atoms with Gasteiger partial charge in [0.15, 0.2) is 11.6 Å². The van der Waals surface area contributed by atoms with Crippen LogP contribution in [0.25, 0.3) is 6.08 Å². The molecule has 0 spiro atoms. The van der Waals surface area contributed by atoms with E-state index in [9.17, 15) is 9.59 Å². The van der Waals surface area contributed by atoms with Crippen molar-refractivity contribution in [3.8, 4) is 18.1 Å². The van der Waals surface area contributed by atoms with Gasteiger partial charge in [0.1, 0.15) is 12.4 Å². The van der Waals surface area contributed by atoms with Crippen LogP contribution in [0.4, 0.5) is 0 Å². The van der Waals surface area contributed by atoms with Gasteiger partial charge in [0.2, 0.25) is 0 Å². The molecule has 0 unspecified atom stereocenters. The minimum atomic E-state index is -0.257. The zero-order valence-corrected chi connectivity index (χ0v) is 11.7. The average molecular weight is 288 g/mol. The second-order valence-electron chi connectivity index (χ2n) is 4.79. The molecule has 0 saturated heterocycles. The molecule has 0 radical (unpaired) electrons. The van der Waals surface area contributed by atoms with Crippen LogP contribution in [-0.4, -0.2) is 18.2 Å². The predicted octanol–water partition coefficient (Wildman–Crippen LogP) is 3.16. The lowest BCUT2D eigenvalue weighted by Gasteiger charge is -2.06. The summed E-state index contributed by atoms with van der Waals surface area (Å²) in [5.41, 5.74) is 1.70. The SMILES string of the molecule is C#CCOc1ccccc1C=C1C(=O)c2ccccc2C1=O. The summed E-state index contributed by atoms with van der Waals surface area (Å²) < 4.78 is 5.44. The van der Waals surface area contributed by atoms with Crippen LogP contribution in [0.5, 0.6) is 5.75 Å². The average Bonchev–Trinajstić information content (AvgIpc) is 2.79. The summed E-state index contributed by atoms with van der Waals surface area (Å²) in [6.07, 6.45) is 6.76. The Balaban J connectivity index is 2.03. The Bertz CT molecular complexity index is 801. The van der Waals surface area contributed by atoms with Crippen molar-refractivity contribution in [2.45, 2.75) is 0 Å². The van der Waals surface area contributed by atoms with Crippen LogP contribution in [0.1, 0.15) is 26.3 Å². The van der Waals surface area contributed by atoms with Crippen molar-refractivity contribution in [1.82, 2.24) is 0 Å². The number of hydrogen-bond acceptors (Lipinski definition) is 3. The summed E-state index contributed by atoms with van der Waals surface area (Å²) >= 11 is 0. The van der Waals surface area contributed by atoms with Gasteiger partial charge in [-0.25, -0.2) is 0 Å². The predicted molar refractivity (Wildman–Crippen MR) is 83.9 cm³/mol. The van der Waals surface area contributed by atoms with Crippen LogP contribution in [0.3, 0.4) is 0 Å². The van der Waals surface area contributed by atoms with Crippen molar-refractivity contribution in [2.24, 2.45) is 0 Å². The topological polar surface area (TPSA) is 43.4 Å². The highest BCUT2D eigenvalue weighted by Crippen LogP contribution is 2.29. The fourth-order valence-corrected chi connectivity index (χ4v) is 2.41. The number of terminal acetylenes is 1. The summed E-state index contributed by atoms with van der Waals surface area (Å²) in [5.74, 6) is 2.42. The van der Waals surface area contributed by atoms with Gasteiger partial charge in [0.05, 0.1) is 5.57 Å². The maximum atomic E-state index is 12.4. The van der Waals surface area contributed by atoms with Crippen LogP contribution in [0, 0.1) is 12.3 Å². The third-order valence-electron chi connectivity index (χ3n) is 3.44. The molecule has 0 heterocycles. The Labute approximate surface area is 128 Å². The first-order chi connectivity index (χ1) is 10.7. The highest BCUT2D eigenvalue weighted by atomic mass is 16.5. The molecule has 0 fully saturated rings. The Morgan fingerprint density at radius 3 is 2.18 bits per heavy atom. The van der Waals surface area contributed by atoms with Crippen LogP contribution < -0.4 is 4.74 Å². The quantitative estimate of drug-likeness (QED) is 0.495. The van der Waals surface area contributed by atoms with Crippen LogP contribution >= 0.6 is 0 Å². The van der Waals surface area contributed by atoms with Gasteiger partial charge in [-0.05, 0) is 12.1 Å². The van der Waals surface area contributed by atoms with Gasteiger partial charge in [0, 0.05) is 16.7 Å². The van der Waals surface area contributed by atoms with E-state index in [0.29, 0.717) is 22.4 Å². The molecular weight excluding hydrogens is 276 g/mol. The number of Topliss-reactive ketones (excluding diaryl/α,β-unsaturated/α-hetero) is 2. The van der Waals surface area contributed by atoms with E-state index in [4.69, 9.17) is 11.2 Å². The summed E-state index contributed by atoms with van der Waals surface area (Å²) in [7, 11) is 0. The van der Waals surface area contributed by atoms with Gasteiger partial charge in [0.25, 0.3) is 0 Å². The number of ether oxygens (including phenoxy) is 1. The maximum Gasteiger partial charge on any atom is 0.197 e. The third-order valence-corrected chi connectivity index (χ3v) is 3.44. The lowest BCUT2D eigenvalue weighted by atomic mass is 10.1. The molecule has 3 nitrogen and oxygen atoms in total. The van der Waals surface area contributed by atoms with E-state index >= 15 is 0 Å². The maximum absolute atomic E-state index is 12.4. The van der Waals surface area contributed by atoms with Crippen molar-refractivity contribution >= 4 is 17.6 Å². The first kappa shape index (κ1) is 13.8. The molecule has 1 aliphatic carbocycles. The van der Waals surface area contributed by atoms with Gasteiger partial charge >= 0.3 is 0 Å². The summed E-state index contributed by atoms with van der Waals surface area (Å²) in [4.78, 5) is 24.7. The van der Waals surface area contributed by atoms with E-state index in [1.807, 2.05) is 6.07 Å². The van der Waals surface area contributed by atoms with E-state index in [1.54, 1.807) is 48.5 Å². The smallest absolute Gasteiger partial charge is 0.197 e. The van der Waals surface area contributed by atoms with Crippen molar-refractivity contribution in [1.29, 1.82) is 0 Å². The lowest BCUT2D eigenvalue weighted by molar-refractivity contribution is 0.0990. The minimum absolute atomic E-state index is 0.127. The largest absolute Gasteiger partial charge is 0.480 e. The van der Waals surface area contributed by atoms with Crippen LogP contribution in [-0.2, 0) is 0 Å². The van der Waals surface area contributed by atoms with Gasteiger partial charge in [-0.1, -0.05) is 48.4 Å². The van der Waals surface area contributed by atoms with Crippen molar-refractivity contribution < 1.29 is 14.3 Å². The van der Waals surface area contributed by atoms with E-state index in [0.717, 1.165) is 0 Å². The van der Waals surface area contributed by atoms with E-state index in [-0.39, 0.29) is 23.7 Å². The monoisotopic (exact) mass is 288 g/mol. The molecule has 0 N–H and O–H groups in total. The molecule has 0 atom stereocenters. The third kappa shape index (κ3) is 2.32. The molecule has 1 aliphatic rings. The van der Waals surface area contributed by atoms with Gasteiger partial charge < -0.3 is 4.74 Å². The molecule has 0 saturated carbocycles. The molecule has 3 rings (SSSR count). The van der Waals surface area contributed by atoms with Gasteiger partial charge in [-0.3, -0.25) is 9.59 Å². The number of fused-ring (bicyclic) bond motifs is 1. The molecule has 0 bridgehead atoms. The molecule has 2 aromatic carbocycles. The standard InChI is InChI=1S/C19H12O3/c1-2-11-22-17-10-6-3-7-13(17)12-16-18(20)14-8-4-5-9-15(14)19(16)21/h1,3-10,12H,11H2. The molecule has 3 heteroatoms. The molecule has 22 heavy (non-hydrogen) atoms. The number of allylic oxidation sites excluding steroid dienone is 1. The number of carbonyl (C=O) groups excluding carboxylic acids is 2. The fraction of sp³-hybridized carbons (Fsp3) is 0.0526. The second kappa shape index (κ2) is 5.71. The number of para-hydroxylation sites is 1. The van der Waals surface area contributed by atoms with E-state index < -0.39 is 0 Å². The van der Waals surface area contributed by atoms with Crippen LogP contribution in [0.2, 0.25) is 0 Å². The minimum Gasteiger partial charge on any atom is -0.480 e. The Kier molecular flexibility index (Phi) is 3.59. The lowest BCUT2D eigenvalue weighted by Crippen LogP contribution is -2.01. The zero-order valence-electron chi connectivity index (χ0n) is 11.7. The first-order valence-corrected chi connectivity index (χ1v) is 6.78. The zero-order chi connectivity index (χ0) is 15.5. The summed E-state index contributed by atoms with van der Waals surface area (Å²) in [5, 5.41) is 0. The molecular formula is C19H12O3. The Hall–Kier alpha value is -3.12. The number of rotatable bonds is 3. The van der Waals surface area contributed by atoms with Gasteiger partial charge in [-0.2, -0.15) is 0 Å². The normalized spacial score (nSPS) is 12.8. The molecule has 0 aliphatic heterocycles. The van der Waals surface area contributed by atoms with Crippen molar-refractivity contribution in [2.75, 3.05) is 6.61 Å². The summed E-state index contributed by atoms with van der Waals surface area (Å²) in [6, 6.07) is 14.0. The highest BCUT2D eigenvalue weighted by Gasteiger charge is 2.32. The molecule has 0 amide bonds. The summed E-state index contributed by atoms with van der Waals surface area (Å²) in [6.45, 7) is 0.127. The van der Waals surface area contributed by atoms with Crippen molar-refractivity contribution in [3.05, 3.63) is 70.8 Å². The molecule has 106 valence electrons. The van der Waals surface area contributed by atoms with Crippen LogP contribution in [0.15, 0.2) is 54.1 Å². The number of ketones is 2.